The second kappa shape index (κ2) is 6.48. The van der Waals surface area contributed by atoms with Crippen LogP contribution < -0.4 is 11.1 Å². The third-order valence-electron chi connectivity index (χ3n) is 4.49. The number of nitrogens with zero attached hydrogens (tertiary/aromatic N) is 1. The zero-order chi connectivity index (χ0) is 16.3. The Morgan fingerprint density at radius 1 is 1.36 bits per heavy atom. The molecule has 1 aliphatic carbocycles. The molecule has 5 heteroatoms. The van der Waals surface area contributed by atoms with Crippen molar-refractivity contribution in [3.63, 3.8) is 0 Å². The van der Waals surface area contributed by atoms with Crippen molar-refractivity contribution in [2.45, 2.75) is 32.2 Å². The van der Waals surface area contributed by atoms with Gasteiger partial charge < -0.3 is 16.0 Å². The van der Waals surface area contributed by atoms with E-state index in [-0.39, 0.29) is 17.4 Å². The van der Waals surface area contributed by atoms with Crippen LogP contribution >= 0.6 is 0 Å². The third-order valence-corrected chi connectivity index (χ3v) is 4.49. The fraction of sp³-hybridized carbons (Fsp3) is 0.529. The predicted octanol–water partition coefficient (Wildman–Crippen LogP) is 1.64. The van der Waals surface area contributed by atoms with Crippen LogP contribution in [0.25, 0.3) is 0 Å². The summed E-state index contributed by atoms with van der Waals surface area (Å²) in [5, 5.41) is 3.04. The first-order valence-corrected chi connectivity index (χ1v) is 7.79. The van der Waals surface area contributed by atoms with Gasteiger partial charge in [0.1, 0.15) is 0 Å². The first-order chi connectivity index (χ1) is 10.4. The van der Waals surface area contributed by atoms with E-state index in [1.807, 2.05) is 13.8 Å². The maximum Gasteiger partial charge on any atom is 0.253 e. The van der Waals surface area contributed by atoms with Crippen molar-refractivity contribution >= 4 is 11.8 Å². The van der Waals surface area contributed by atoms with E-state index < -0.39 is 0 Å². The average Bonchev–Trinajstić information content (AvgIpc) is 3.38. The maximum atomic E-state index is 12.5. The van der Waals surface area contributed by atoms with Gasteiger partial charge in [0.15, 0.2) is 0 Å². The molecule has 1 saturated carbocycles. The fourth-order valence-electron chi connectivity index (χ4n) is 2.53. The fourth-order valence-corrected chi connectivity index (χ4v) is 2.53. The van der Waals surface area contributed by atoms with Crippen LogP contribution in [0.2, 0.25) is 0 Å². The molecule has 0 radical (unpaired) electrons. The molecule has 0 aliphatic heterocycles. The largest absolute Gasteiger partial charge is 0.345 e. The van der Waals surface area contributed by atoms with Gasteiger partial charge in [-0.05, 0) is 50.8 Å². The Morgan fingerprint density at radius 2 is 2.00 bits per heavy atom. The average molecular weight is 303 g/mol. The molecule has 0 bridgehead atoms. The zero-order valence-corrected chi connectivity index (χ0v) is 13.6. The summed E-state index contributed by atoms with van der Waals surface area (Å²) < 4.78 is 0. The Hall–Kier alpha value is -1.88. The van der Waals surface area contributed by atoms with Crippen molar-refractivity contribution in [2.24, 2.45) is 11.7 Å². The van der Waals surface area contributed by atoms with E-state index in [9.17, 15) is 9.59 Å². The van der Waals surface area contributed by atoms with Crippen LogP contribution in [0.5, 0.6) is 0 Å². The SMILES string of the molecule is CCN(C)C(=O)c1cccc(C(=O)NC(C)(CN)C2CC2)c1. The molecule has 120 valence electrons. The second-order valence-corrected chi connectivity index (χ2v) is 6.25. The molecule has 2 rings (SSSR count). The Balaban J connectivity index is 2.15. The van der Waals surface area contributed by atoms with E-state index in [1.54, 1.807) is 36.2 Å². The Bertz CT molecular complexity index is 569. The Kier molecular flexibility index (Phi) is 4.86. The number of benzene rings is 1. The summed E-state index contributed by atoms with van der Waals surface area (Å²) in [6.07, 6.45) is 2.21. The van der Waals surface area contributed by atoms with Gasteiger partial charge in [0.25, 0.3) is 11.8 Å². The molecule has 1 aromatic rings. The van der Waals surface area contributed by atoms with Crippen LogP contribution in [0.1, 0.15) is 47.4 Å². The molecule has 1 atom stereocenters. The lowest BCUT2D eigenvalue weighted by Crippen LogP contribution is -2.53. The van der Waals surface area contributed by atoms with Crippen molar-refractivity contribution in [1.29, 1.82) is 0 Å². The van der Waals surface area contributed by atoms with Crippen molar-refractivity contribution in [2.75, 3.05) is 20.1 Å². The van der Waals surface area contributed by atoms with Gasteiger partial charge >= 0.3 is 0 Å². The van der Waals surface area contributed by atoms with E-state index in [4.69, 9.17) is 5.73 Å². The van der Waals surface area contributed by atoms with Crippen LogP contribution in [0.4, 0.5) is 0 Å². The van der Waals surface area contributed by atoms with Gasteiger partial charge in [-0.25, -0.2) is 0 Å². The highest BCUT2D eigenvalue weighted by atomic mass is 16.2. The lowest BCUT2D eigenvalue weighted by molar-refractivity contribution is 0.0802. The molecule has 0 saturated heterocycles. The van der Waals surface area contributed by atoms with Gasteiger partial charge in [0.05, 0.1) is 5.54 Å². The monoisotopic (exact) mass is 303 g/mol. The van der Waals surface area contributed by atoms with Gasteiger partial charge in [0, 0.05) is 31.3 Å². The zero-order valence-electron chi connectivity index (χ0n) is 13.6. The first-order valence-electron chi connectivity index (χ1n) is 7.79. The highest BCUT2D eigenvalue weighted by molar-refractivity contribution is 5.99. The van der Waals surface area contributed by atoms with Crippen LogP contribution in [-0.4, -0.2) is 42.4 Å². The number of nitrogens with two attached hydrogens (primary N) is 1. The minimum Gasteiger partial charge on any atom is -0.345 e. The molecule has 0 spiro atoms. The van der Waals surface area contributed by atoms with E-state index in [0.29, 0.717) is 30.1 Å². The molecule has 2 amide bonds. The molecule has 1 aliphatic rings. The van der Waals surface area contributed by atoms with Crippen molar-refractivity contribution in [3.8, 4) is 0 Å². The molecule has 0 aromatic heterocycles. The summed E-state index contributed by atoms with van der Waals surface area (Å²) in [5.41, 5.74) is 6.49. The molecule has 3 N–H and O–H groups in total. The summed E-state index contributed by atoms with van der Waals surface area (Å²) in [7, 11) is 1.74. The first kappa shape index (κ1) is 16.5. The van der Waals surface area contributed by atoms with E-state index in [1.165, 1.54) is 0 Å². The highest BCUT2D eigenvalue weighted by Gasteiger charge is 2.41. The van der Waals surface area contributed by atoms with Crippen LogP contribution in [0.3, 0.4) is 0 Å². The van der Waals surface area contributed by atoms with Gasteiger partial charge in [-0.2, -0.15) is 0 Å². The van der Waals surface area contributed by atoms with Crippen molar-refractivity contribution in [3.05, 3.63) is 35.4 Å². The van der Waals surface area contributed by atoms with E-state index >= 15 is 0 Å². The highest BCUT2D eigenvalue weighted by Crippen LogP contribution is 2.39. The standard InChI is InChI=1S/C17H25N3O2/c1-4-20(3)16(22)13-7-5-6-12(10-13)15(21)19-17(2,11-18)14-8-9-14/h5-7,10,14H,4,8-9,11,18H2,1-3H3,(H,19,21). The molecule has 1 fully saturated rings. The summed E-state index contributed by atoms with van der Waals surface area (Å²) >= 11 is 0. The van der Waals surface area contributed by atoms with Gasteiger partial charge in [-0.1, -0.05) is 6.07 Å². The number of hydrogen-bond donors (Lipinski definition) is 2. The Labute approximate surface area is 131 Å². The third kappa shape index (κ3) is 3.47. The van der Waals surface area contributed by atoms with Crippen molar-refractivity contribution < 1.29 is 9.59 Å². The molecule has 1 aromatic carbocycles. The van der Waals surface area contributed by atoms with E-state index in [2.05, 4.69) is 5.32 Å². The topological polar surface area (TPSA) is 75.4 Å². The van der Waals surface area contributed by atoms with Gasteiger partial charge in [0.2, 0.25) is 0 Å². The normalized spacial score (nSPS) is 16.7. The lowest BCUT2D eigenvalue weighted by atomic mass is 9.95. The summed E-state index contributed by atoms with van der Waals surface area (Å²) in [6, 6.07) is 6.84. The number of nitrogens with one attached hydrogen (secondary N) is 1. The van der Waals surface area contributed by atoms with E-state index in [0.717, 1.165) is 12.8 Å². The number of carbonyl (C=O) groups excluding carboxylic acids is 2. The van der Waals surface area contributed by atoms with Gasteiger partial charge in [-0.3, -0.25) is 9.59 Å². The summed E-state index contributed by atoms with van der Waals surface area (Å²) in [4.78, 5) is 26.3. The molecule has 0 heterocycles. The summed E-state index contributed by atoms with van der Waals surface area (Å²) in [6.45, 7) is 4.95. The number of hydrogen-bond acceptors (Lipinski definition) is 3. The van der Waals surface area contributed by atoms with Crippen LogP contribution in [0.15, 0.2) is 24.3 Å². The smallest absolute Gasteiger partial charge is 0.253 e. The number of amides is 2. The molecule has 5 nitrogen and oxygen atoms in total. The quantitative estimate of drug-likeness (QED) is 0.839. The predicted molar refractivity (Wildman–Crippen MR) is 86.7 cm³/mol. The second-order valence-electron chi connectivity index (χ2n) is 6.25. The van der Waals surface area contributed by atoms with Crippen LogP contribution in [0, 0.1) is 5.92 Å². The van der Waals surface area contributed by atoms with Gasteiger partial charge in [-0.15, -0.1) is 0 Å². The molecular formula is C17H25N3O2. The minimum absolute atomic E-state index is 0.0825. The molecular weight excluding hydrogens is 278 g/mol. The molecule has 22 heavy (non-hydrogen) atoms. The number of carbonyl (C=O) groups is 2. The number of rotatable bonds is 6. The summed E-state index contributed by atoms with van der Waals surface area (Å²) in [5.74, 6) is 0.201. The Morgan fingerprint density at radius 3 is 2.55 bits per heavy atom. The molecule has 1 unspecified atom stereocenters. The van der Waals surface area contributed by atoms with Crippen molar-refractivity contribution in [1.82, 2.24) is 10.2 Å². The minimum atomic E-state index is -0.364. The lowest BCUT2D eigenvalue weighted by Gasteiger charge is -2.29. The van der Waals surface area contributed by atoms with Crippen LogP contribution in [-0.2, 0) is 0 Å². The maximum absolute atomic E-state index is 12.5.